The molecular formula is C13H21N3S. The minimum atomic E-state index is 0.576. The Hall–Kier alpha value is -0.740. The number of hydrogen-bond donors (Lipinski definition) is 1. The molecule has 0 aliphatic carbocycles. The lowest BCUT2D eigenvalue weighted by molar-refractivity contribution is 0.772. The number of aryl methyl sites for hydroxylation is 2. The van der Waals surface area contributed by atoms with Crippen LogP contribution in [0.3, 0.4) is 0 Å². The minimum absolute atomic E-state index is 0.576. The molecule has 0 saturated carbocycles. The number of thioether (sulfide) groups is 1. The van der Waals surface area contributed by atoms with E-state index in [1.54, 1.807) is 0 Å². The van der Waals surface area contributed by atoms with Gasteiger partial charge >= 0.3 is 0 Å². The van der Waals surface area contributed by atoms with E-state index in [-0.39, 0.29) is 0 Å². The fourth-order valence-electron chi connectivity index (χ4n) is 2.41. The van der Waals surface area contributed by atoms with Gasteiger partial charge in [0.2, 0.25) is 0 Å². The number of rotatable bonds is 2. The third-order valence-electron chi connectivity index (χ3n) is 3.22. The monoisotopic (exact) mass is 251 g/mol. The van der Waals surface area contributed by atoms with Gasteiger partial charge in [0.05, 0.1) is 0 Å². The van der Waals surface area contributed by atoms with Crippen LogP contribution in [-0.2, 0) is 6.54 Å². The molecule has 2 heterocycles. The third kappa shape index (κ3) is 2.75. The molecule has 1 fully saturated rings. The van der Waals surface area contributed by atoms with E-state index in [1.165, 1.54) is 17.0 Å². The molecule has 3 nitrogen and oxygen atoms in total. The molecule has 0 radical (unpaired) electrons. The maximum Gasteiger partial charge on any atom is 0.0448 e. The number of anilines is 1. The number of pyridine rings is 1. The van der Waals surface area contributed by atoms with Crippen molar-refractivity contribution in [1.29, 1.82) is 0 Å². The second-order valence-corrected chi connectivity index (χ2v) is 6.22. The number of aromatic nitrogens is 1. The van der Waals surface area contributed by atoms with Crippen molar-refractivity contribution < 1.29 is 0 Å². The fourth-order valence-corrected chi connectivity index (χ4v) is 3.42. The second-order valence-electron chi connectivity index (χ2n) is 4.68. The molecule has 1 unspecified atom stereocenters. The van der Waals surface area contributed by atoms with Crippen molar-refractivity contribution in [3.63, 3.8) is 0 Å². The smallest absolute Gasteiger partial charge is 0.0448 e. The zero-order chi connectivity index (χ0) is 12.4. The van der Waals surface area contributed by atoms with Gasteiger partial charge in [-0.25, -0.2) is 0 Å². The zero-order valence-electron chi connectivity index (χ0n) is 10.9. The standard InChI is InChI=1S/C13H21N3S/c1-9-6-13(12(7-14)11(3)15-9)16-4-5-17-10(2)8-16/h6,10H,4-5,7-8,14H2,1-3H3. The highest BCUT2D eigenvalue weighted by Crippen LogP contribution is 2.28. The first kappa shape index (κ1) is 12.7. The summed E-state index contributed by atoms with van der Waals surface area (Å²) in [7, 11) is 0. The largest absolute Gasteiger partial charge is 0.369 e. The Kier molecular flexibility index (Phi) is 3.94. The summed E-state index contributed by atoms with van der Waals surface area (Å²) in [6, 6.07) is 2.18. The molecule has 0 amide bonds. The van der Waals surface area contributed by atoms with Gasteiger partial charge < -0.3 is 10.6 Å². The van der Waals surface area contributed by atoms with E-state index in [0.29, 0.717) is 11.8 Å². The van der Waals surface area contributed by atoms with Gasteiger partial charge in [-0.15, -0.1) is 0 Å². The Labute approximate surface area is 108 Å². The fraction of sp³-hybridized carbons (Fsp3) is 0.615. The average molecular weight is 251 g/mol. The van der Waals surface area contributed by atoms with Crippen molar-refractivity contribution in [3.05, 3.63) is 23.0 Å². The van der Waals surface area contributed by atoms with Crippen molar-refractivity contribution in [3.8, 4) is 0 Å². The lowest BCUT2D eigenvalue weighted by Crippen LogP contribution is -2.37. The molecule has 17 heavy (non-hydrogen) atoms. The summed E-state index contributed by atoms with van der Waals surface area (Å²) in [6.45, 7) is 9.21. The van der Waals surface area contributed by atoms with Gasteiger partial charge in [0.1, 0.15) is 0 Å². The topological polar surface area (TPSA) is 42.1 Å². The van der Waals surface area contributed by atoms with Gasteiger partial charge in [0.25, 0.3) is 0 Å². The highest BCUT2D eigenvalue weighted by Gasteiger charge is 2.20. The lowest BCUT2D eigenvalue weighted by Gasteiger charge is -2.34. The van der Waals surface area contributed by atoms with E-state index in [1.807, 2.05) is 11.8 Å². The molecule has 1 aromatic rings. The van der Waals surface area contributed by atoms with Crippen molar-refractivity contribution in [2.45, 2.75) is 32.6 Å². The van der Waals surface area contributed by atoms with E-state index in [4.69, 9.17) is 5.73 Å². The highest BCUT2D eigenvalue weighted by molar-refractivity contribution is 8.00. The van der Waals surface area contributed by atoms with Crippen LogP contribution in [0.15, 0.2) is 6.07 Å². The summed E-state index contributed by atoms with van der Waals surface area (Å²) in [4.78, 5) is 6.97. The van der Waals surface area contributed by atoms with Gasteiger partial charge in [-0.05, 0) is 19.9 Å². The summed E-state index contributed by atoms with van der Waals surface area (Å²) < 4.78 is 0. The lowest BCUT2D eigenvalue weighted by atomic mass is 10.1. The Morgan fingerprint density at radius 3 is 2.94 bits per heavy atom. The van der Waals surface area contributed by atoms with Crippen molar-refractivity contribution in [2.75, 3.05) is 23.7 Å². The first-order valence-electron chi connectivity index (χ1n) is 6.15. The van der Waals surface area contributed by atoms with Gasteiger partial charge in [0, 0.05) is 53.3 Å². The quantitative estimate of drug-likeness (QED) is 0.874. The molecule has 4 heteroatoms. The summed E-state index contributed by atoms with van der Waals surface area (Å²) in [6.07, 6.45) is 0. The number of nitrogens with zero attached hydrogens (tertiary/aromatic N) is 2. The van der Waals surface area contributed by atoms with Gasteiger partial charge in [-0.3, -0.25) is 4.98 Å². The van der Waals surface area contributed by atoms with E-state index < -0.39 is 0 Å². The van der Waals surface area contributed by atoms with Crippen LogP contribution in [0.25, 0.3) is 0 Å². The van der Waals surface area contributed by atoms with Crippen molar-refractivity contribution in [2.24, 2.45) is 5.73 Å². The maximum atomic E-state index is 5.87. The minimum Gasteiger partial charge on any atom is -0.369 e. The van der Waals surface area contributed by atoms with Crippen LogP contribution in [0.2, 0.25) is 0 Å². The predicted molar refractivity (Wildman–Crippen MR) is 75.7 cm³/mol. The summed E-state index contributed by atoms with van der Waals surface area (Å²) >= 11 is 2.05. The van der Waals surface area contributed by atoms with E-state index in [9.17, 15) is 0 Å². The molecule has 1 aliphatic heterocycles. The molecule has 1 saturated heterocycles. The first-order chi connectivity index (χ1) is 8.11. The van der Waals surface area contributed by atoms with E-state index >= 15 is 0 Å². The molecule has 0 bridgehead atoms. The second kappa shape index (κ2) is 5.27. The SMILES string of the molecule is Cc1cc(N2CCSC(C)C2)c(CN)c(C)n1. The molecule has 1 aliphatic rings. The highest BCUT2D eigenvalue weighted by atomic mass is 32.2. The molecule has 0 spiro atoms. The molecule has 1 aromatic heterocycles. The summed E-state index contributed by atoms with van der Waals surface area (Å²) in [5, 5.41) is 0.697. The molecule has 0 aromatic carbocycles. The molecule has 1 atom stereocenters. The first-order valence-corrected chi connectivity index (χ1v) is 7.20. The zero-order valence-corrected chi connectivity index (χ0v) is 11.7. The van der Waals surface area contributed by atoms with Crippen LogP contribution in [0.5, 0.6) is 0 Å². The van der Waals surface area contributed by atoms with Crippen LogP contribution in [0.1, 0.15) is 23.9 Å². The van der Waals surface area contributed by atoms with Crippen molar-refractivity contribution >= 4 is 17.4 Å². The molecule has 2 N–H and O–H groups in total. The third-order valence-corrected chi connectivity index (χ3v) is 4.36. The van der Waals surface area contributed by atoms with Crippen LogP contribution in [0.4, 0.5) is 5.69 Å². The van der Waals surface area contributed by atoms with E-state index in [2.05, 4.69) is 36.7 Å². The Morgan fingerprint density at radius 2 is 2.29 bits per heavy atom. The average Bonchev–Trinajstić information content (AvgIpc) is 2.28. The Morgan fingerprint density at radius 1 is 1.53 bits per heavy atom. The van der Waals surface area contributed by atoms with Gasteiger partial charge in [-0.1, -0.05) is 6.92 Å². The summed E-state index contributed by atoms with van der Waals surface area (Å²) in [5.74, 6) is 1.20. The van der Waals surface area contributed by atoms with Gasteiger partial charge in [-0.2, -0.15) is 11.8 Å². The van der Waals surface area contributed by atoms with Crippen LogP contribution in [-0.4, -0.2) is 29.1 Å². The predicted octanol–water partition coefficient (Wildman–Crippen LogP) is 2.10. The maximum absolute atomic E-state index is 5.87. The van der Waals surface area contributed by atoms with Crippen LogP contribution >= 0.6 is 11.8 Å². The van der Waals surface area contributed by atoms with E-state index in [0.717, 1.165) is 24.5 Å². The Bertz CT molecular complexity index is 406. The molecule has 2 rings (SSSR count). The molecule has 94 valence electrons. The van der Waals surface area contributed by atoms with Crippen LogP contribution in [0, 0.1) is 13.8 Å². The van der Waals surface area contributed by atoms with Gasteiger partial charge in [0.15, 0.2) is 0 Å². The Balaban J connectivity index is 2.35. The number of hydrogen-bond acceptors (Lipinski definition) is 4. The number of nitrogens with two attached hydrogens (primary N) is 1. The normalized spacial score (nSPS) is 20.7. The molecular weight excluding hydrogens is 230 g/mol. The van der Waals surface area contributed by atoms with Crippen LogP contribution < -0.4 is 10.6 Å². The van der Waals surface area contributed by atoms with Crippen molar-refractivity contribution in [1.82, 2.24) is 4.98 Å². The summed E-state index contributed by atoms with van der Waals surface area (Å²) in [5.41, 5.74) is 10.5.